The van der Waals surface area contributed by atoms with E-state index >= 15 is 0 Å². The van der Waals surface area contributed by atoms with E-state index in [9.17, 15) is 9.59 Å². The van der Waals surface area contributed by atoms with Gasteiger partial charge >= 0.3 is 6.09 Å². The molecule has 0 saturated heterocycles. The molecule has 0 unspecified atom stereocenters. The normalized spacial score (nSPS) is 11.0. The molecule has 0 aliphatic heterocycles. The van der Waals surface area contributed by atoms with Crippen molar-refractivity contribution < 1.29 is 14.3 Å². The third-order valence-electron chi connectivity index (χ3n) is 2.62. The lowest BCUT2D eigenvalue weighted by atomic mass is 10.2. The van der Waals surface area contributed by atoms with Crippen LogP contribution in [0, 0.1) is 6.92 Å². The Labute approximate surface area is 138 Å². The summed E-state index contributed by atoms with van der Waals surface area (Å²) in [5.74, 6) is -0.330. The lowest BCUT2D eigenvalue weighted by molar-refractivity contribution is 0.0635. The number of nitrogens with one attached hydrogen (secondary N) is 2. The van der Waals surface area contributed by atoms with Crippen LogP contribution in [0.4, 0.5) is 15.6 Å². The molecule has 1 aromatic carbocycles. The van der Waals surface area contributed by atoms with Gasteiger partial charge in [0.15, 0.2) is 5.13 Å². The fourth-order valence-electron chi connectivity index (χ4n) is 1.74. The van der Waals surface area contributed by atoms with E-state index < -0.39 is 11.7 Å². The summed E-state index contributed by atoms with van der Waals surface area (Å²) in [6.45, 7) is 7.26. The van der Waals surface area contributed by atoms with Gasteiger partial charge in [-0.15, -0.1) is 11.3 Å². The van der Waals surface area contributed by atoms with Gasteiger partial charge in [0.05, 0.1) is 0 Å². The highest BCUT2D eigenvalue weighted by atomic mass is 32.1. The monoisotopic (exact) mass is 333 g/mol. The van der Waals surface area contributed by atoms with E-state index in [4.69, 9.17) is 4.74 Å². The second kappa shape index (κ2) is 6.78. The van der Waals surface area contributed by atoms with Crippen molar-refractivity contribution in [3.05, 3.63) is 40.9 Å². The minimum Gasteiger partial charge on any atom is -0.444 e. The van der Waals surface area contributed by atoms with E-state index in [1.54, 1.807) is 32.2 Å². The van der Waals surface area contributed by atoms with Crippen molar-refractivity contribution >= 4 is 34.2 Å². The predicted molar refractivity (Wildman–Crippen MR) is 91.1 cm³/mol. The van der Waals surface area contributed by atoms with E-state index in [1.165, 1.54) is 0 Å². The number of benzene rings is 1. The van der Waals surface area contributed by atoms with Crippen molar-refractivity contribution in [2.24, 2.45) is 0 Å². The summed E-state index contributed by atoms with van der Waals surface area (Å²) in [5, 5.41) is 7.17. The summed E-state index contributed by atoms with van der Waals surface area (Å²) in [6.07, 6.45) is -0.600. The average Bonchev–Trinajstić information content (AvgIpc) is 2.84. The van der Waals surface area contributed by atoms with E-state index in [0.717, 1.165) is 16.9 Å². The minimum atomic E-state index is -0.600. The molecule has 7 heteroatoms. The molecule has 2 aromatic rings. The van der Waals surface area contributed by atoms with Crippen LogP contribution in [0.2, 0.25) is 0 Å². The van der Waals surface area contributed by atoms with E-state index in [0.29, 0.717) is 10.8 Å². The van der Waals surface area contributed by atoms with Crippen LogP contribution in [-0.4, -0.2) is 22.6 Å². The molecule has 1 aromatic heterocycles. The van der Waals surface area contributed by atoms with Crippen molar-refractivity contribution in [2.75, 3.05) is 10.6 Å². The molecule has 0 radical (unpaired) electrons. The van der Waals surface area contributed by atoms with Crippen molar-refractivity contribution in [1.29, 1.82) is 0 Å². The molecule has 122 valence electrons. The summed E-state index contributed by atoms with van der Waals surface area (Å²) in [4.78, 5) is 27.9. The van der Waals surface area contributed by atoms with Crippen LogP contribution in [0.1, 0.15) is 36.8 Å². The standard InChI is InChI=1S/C16H19N3O3S/c1-10-6-5-7-11(8-10)17-13(20)12-9-23-14(18-12)19-15(21)22-16(2,3)4/h5-9H,1-4H3,(H,17,20)(H,18,19,21). The first-order chi connectivity index (χ1) is 10.7. The van der Waals surface area contributed by atoms with Crippen LogP contribution in [0.3, 0.4) is 0 Å². The molecule has 1 heterocycles. The van der Waals surface area contributed by atoms with Crippen LogP contribution in [-0.2, 0) is 4.74 Å². The van der Waals surface area contributed by atoms with Gasteiger partial charge in [-0.2, -0.15) is 0 Å². The van der Waals surface area contributed by atoms with Crippen LogP contribution in [0.5, 0.6) is 0 Å². The Balaban J connectivity index is 1.98. The molecule has 0 saturated carbocycles. The predicted octanol–water partition coefficient (Wildman–Crippen LogP) is 4.05. The fourth-order valence-corrected chi connectivity index (χ4v) is 2.42. The third-order valence-corrected chi connectivity index (χ3v) is 3.38. The van der Waals surface area contributed by atoms with Gasteiger partial charge in [-0.25, -0.2) is 9.78 Å². The number of aryl methyl sites for hydroxylation is 1. The topological polar surface area (TPSA) is 80.3 Å². The Morgan fingerprint density at radius 3 is 2.61 bits per heavy atom. The Hall–Kier alpha value is -2.41. The maximum atomic E-state index is 12.1. The van der Waals surface area contributed by atoms with Crippen molar-refractivity contribution in [3.63, 3.8) is 0 Å². The van der Waals surface area contributed by atoms with Crippen molar-refractivity contribution in [1.82, 2.24) is 4.98 Å². The Kier molecular flexibility index (Phi) is 5.00. The SMILES string of the molecule is Cc1cccc(NC(=O)c2csc(NC(=O)OC(C)(C)C)n2)c1. The zero-order chi connectivity index (χ0) is 17.0. The van der Waals surface area contributed by atoms with Crippen LogP contribution >= 0.6 is 11.3 Å². The molecule has 2 rings (SSSR count). The molecular formula is C16H19N3O3S. The smallest absolute Gasteiger partial charge is 0.413 e. The number of rotatable bonds is 3. The molecule has 0 spiro atoms. The van der Waals surface area contributed by atoms with Crippen LogP contribution in [0.15, 0.2) is 29.6 Å². The molecule has 0 fully saturated rings. The first-order valence-electron chi connectivity index (χ1n) is 7.06. The molecule has 0 aliphatic rings. The molecular weight excluding hydrogens is 314 g/mol. The number of hydrogen-bond donors (Lipinski definition) is 2. The van der Waals surface area contributed by atoms with Gasteiger partial charge in [0.1, 0.15) is 11.3 Å². The Bertz CT molecular complexity index is 719. The van der Waals surface area contributed by atoms with Crippen LogP contribution in [0.25, 0.3) is 0 Å². The van der Waals surface area contributed by atoms with Gasteiger partial charge in [0, 0.05) is 11.1 Å². The Morgan fingerprint density at radius 2 is 1.96 bits per heavy atom. The number of amides is 2. The molecule has 0 bridgehead atoms. The highest BCUT2D eigenvalue weighted by Gasteiger charge is 2.18. The summed E-state index contributed by atoms with van der Waals surface area (Å²) in [5.41, 5.74) is 1.40. The number of hydrogen-bond acceptors (Lipinski definition) is 5. The first-order valence-corrected chi connectivity index (χ1v) is 7.94. The number of nitrogens with zero attached hydrogens (tertiary/aromatic N) is 1. The largest absolute Gasteiger partial charge is 0.444 e. The van der Waals surface area contributed by atoms with Gasteiger partial charge in [0.25, 0.3) is 5.91 Å². The summed E-state index contributed by atoms with van der Waals surface area (Å²) in [7, 11) is 0. The maximum Gasteiger partial charge on any atom is 0.413 e. The van der Waals surface area contributed by atoms with Gasteiger partial charge in [-0.3, -0.25) is 10.1 Å². The van der Waals surface area contributed by atoms with Crippen molar-refractivity contribution in [2.45, 2.75) is 33.3 Å². The number of thiazole rings is 1. The number of carbonyl (C=O) groups is 2. The average molecular weight is 333 g/mol. The summed E-state index contributed by atoms with van der Waals surface area (Å²) >= 11 is 1.16. The van der Waals surface area contributed by atoms with Gasteiger partial charge in [-0.1, -0.05) is 12.1 Å². The molecule has 0 aliphatic carbocycles. The molecule has 0 atom stereocenters. The first kappa shape index (κ1) is 17.0. The van der Waals surface area contributed by atoms with Crippen molar-refractivity contribution in [3.8, 4) is 0 Å². The van der Waals surface area contributed by atoms with Gasteiger partial charge < -0.3 is 10.1 Å². The Morgan fingerprint density at radius 1 is 1.22 bits per heavy atom. The maximum absolute atomic E-state index is 12.1. The fraction of sp³-hybridized carbons (Fsp3) is 0.312. The van der Waals surface area contributed by atoms with Gasteiger partial charge in [0.2, 0.25) is 0 Å². The molecule has 6 nitrogen and oxygen atoms in total. The van der Waals surface area contributed by atoms with E-state index in [-0.39, 0.29) is 11.6 Å². The summed E-state index contributed by atoms with van der Waals surface area (Å²) in [6, 6.07) is 7.48. The summed E-state index contributed by atoms with van der Waals surface area (Å²) < 4.78 is 5.14. The van der Waals surface area contributed by atoms with Crippen LogP contribution < -0.4 is 10.6 Å². The highest BCUT2D eigenvalue weighted by Crippen LogP contribution is 2.18. The molecule has 2 N–H and O–H groups in total. The highest BCUT2D eigenvalue weighted by molar-refractivity contribution is 7.14. The quantitative estimate of drug-likeness (QED) is 0.888. The number of ether oxygens (including phenoxy) is 1. The third kappa shape index (κ3) is 5.37. The zero-order valence-electron chi connectivity index (χ0n) is 13.5. The number of aromatic nitrogens is 1. The van der Waals surface area contributed by atoms with E-state index in [2.05, 4.69) is 15.6 Å². The number of anilines is 2. The van der Waals surface area contributed by atoms with Gasteiger partial charge in [-0.05, 0) is 45.4 Å². The second-order valence-corrected chi connectivity index (χ2v) is 6.85. The molecule has 23 heavy (non-hydrogen) atoms. The second-order valence-electron chi connectivity index (χ2n) is 5.99. The number of carbonyl (C=O) groups excluding carboxylic acids is 2. The lowest BCUT2D eigenvalue weighted by Crippen LogP contribution is -2.27. The molecule has 2 amide bonds. The lowest BCUT2D eigenvalue weighted by Gasteiger charge is -2.18. The minimum absolute atomic E-state index is 0.238. The van der Waals surface area contributed by atoms with E-state index in [1.807, 2.05) is 25.1 Å². The zero-order valence-corrected chi connectivity index (χ0v) is 14.3.